The summed E-state index contributed by atoms with van der Waals surface area (Å²) < 4.78 is 10.1. The highest BCUT2D eigenvalue weighted by atomic mass is 16.5. The Morgan fingerprint density at radius 1 is 1.59 bits per heavy atom. The van der Waals surface area contributed by atoms with Gasteiger partial charge in [0.1, 0.15) is 5.76 Å². The third kappa shape index (κ3) is 5.33. The number of nitrogens with zero attached hydrogens (tertiary/aromatic N) is 1. The van der Waals surface area contributed by atoms with Gasteiger partial charge in [-0.1, -0.05) is 0 Å². The zero-order valence-electron chi connectivity index (χ0n) is 9.83. The number of furan rings is 1. The molecular weight excluding hydrogens is 222 g/mol. The molecule has 1 aromatic heterocycles. The highest BCUT2D eigenvalue weighted by Gasteiger charge is 2.04. The van der Waals surface area contributed by atoms with Crippen LogP contribution in [0.15, 0.2) is 28.9 Å². The predicted octanol–water partition coefficient (Wildman–Crippen LogP) is 0.760. The molecule has 0 aromatic carbocycles. The van der Waals surface area contributed by atoms with Crippen LogP contribution in [0.5, 0.6) is 0 Å². The average Bonchev–Trinajstić information content (AvgIpc) is 2.84. The summed E-state index contributed by atoms with van der Waals surface area (Å²) in [4.78, 5) is 13.1. The molecule has 0 bridgehead atoms. The van der Waals surface area contributed by atoms with Crippen molar-refractivity contribution in [1.29, 1.82) is 0 Å². The largest absolute Gasteiger partial charge is 0.465 e. The van der Waals surface area contributed by atoms with Crippen LogP contribution in [0, 0.1) is 0 Å². The average molecular weight is 239 g/mol. The van der Waals surface area contributed by atoms with E-state index in [0.717, 1.165) is 0 Å². The Hall–Kier alpha value is -1.59. The van der Waals surface area contributed by atoms with Crippen molar-refractivity contribution < 1.29 is 19.1 Å². The van der Waals surface area contributed by atoms with Crippen LogP contribution < -0.4 is 0 Å². The van der Waals surface area contributed by atoms with Gasteiger partial charge in [0.2, 0.25) is 5.91 Å². The summed E-state index contributed by atoms with van der Waals surface area (Å²) in [7, 11) is 1.69. The Labute approximate surface area is 100 Å². The number of hydrogen-bond acceptors (Lipinski definition) is 4. The minimum absolute atomic E-state index is 0.00391. The number of carbonyl (C=O) groups excluding carboxylic acids is 1. The number of carbonyl (C=O) groups is 1. The van der Waals surface area contributed by atoms with Gasteiger partial charge < -0.3 is 19.2 Å². The van der Waals surface area contributed by atoms with Gasteiger partial charge in [-0.05, 0) is 18.2 Å². The van der Waals surface area contributed by atoms with Crippen molar-refractivity contribution in [2.24, 2.45) is 0 Å². The molecule has 1 heterocycles. The zero-order chi connectivity index (χ0) is 12.5. The molecule has 0 saturated heterocycles. The summed E-state index contributed by atoms with van der Waals surface area (Å²) in [5.74, 6) is 0.525. The zero-order valence-corrected chi connectivity index (χ0v) is 9.83. The second-order valence-corrected chi connectivity index (χ2v) is 3.44. The van der Waals surface area contributed by atoms with E-state index in [9.17, 15) is 4.79 Å². The van der Waals surface area contributed by atoms with Gasteiger partial charge in [-0.15, -0.1) is 0 Å². The van der Waals surface area contributed by atoms with Crippen molar-refractivity contribution in [3.8, 4) is 0 Å². The Morgan fingerprint density at radius 2 is 2.41 bits per heavy atom. The standard InChI is InChI=1S/C12H17NO4/c1-13(6-9-16-10-7-14)12(15)5-4-11-3-2-8-17-11/h2-5,8,14H,6-7,9-10H2,1H3/b5-4+. The van der Waals surface area contributed by atoms with Crippen LogP contribution in [-0.2, 0) is 9.53 Å². The van der Waals surface area contributed by atoms with Crippen LogP contribution in [0.2, 0.25) is 0 Å². The van der Waals surface area contributed by atoms with Crippen LogP contribution in [0.25, 0.3) is 6.08 Å². The van der Waals surface area contributed by atoms with Gasteiger partial charge in [0.25, 0.3) is 0 Å². The van der Waals surface area contributed by atoms with E-state index in [1.807, 2.05) is 0 Å². The Balaban J connectivity index is 2.27. The number of ether oxygens (including phenoxy) is 1. The van der Waals surface area contributed by atoms with Gasteiger partial charge in [0, 0.05) is 19.7 Å². The number of aliphatic hydroxyl groups excluding tert-OH is 1. The molecule has 0 unspecified atom stereocenters. The fraction of sp³-hybridized carbons (Fsp3) is 0.417. The van der Waals surface area contributed by atoms with E-state index < -0.39 is 0 Å². The van der Waals surface area contributed by atoms with E-state index in [1.165, 1.54) is 11.0 Å². The quantitative estimate of drug-likeness (QED) is 0.563. The molecule has 0 aliphatic rings. The number of rotatable bonds is 7. The molecule has 1 amide bonds. The molecule has 0 radical (unpaired) electrons. The third-order valence-corrected chi connectivity index (χ3v) is 2.12. The lowest BCUT2D eigenvalue weighted by Crippen LogP contribution is -2.28. The molecule has 0 aliphatic heterocycles. The first-order valence-corrected chi connectivity index (χ1v) is 5.39. The van der Waals surface area contributed by atoms with E-state index in [0.29, 0.717) is 25.5 Å². The minimum atomic E-state index is -0.117. The van der Waals surface area contributed by atoms with Crippen molar-refractivity contribution in [2.75, 3.05) is 33.4 Å². The molecule has 94 valence electrons. The van der Waals surface area contributed by atoms with E-state index in [1.54, 1.807) is 31.5 Å². The van der Waals surface area contributed by atoms with Gasteiger partial charge in [-0.3, -0.25) is 4.79 Å². The van der Waals surface area contributed by atoms with Gasteiger partial charge in [-0.2, -0.15) is 0 Å². The van der Waals surface area contributed by atoms with Gasteiger partial charge >= 0.3 is 0 Å². The first kappa shape index (κ1) is 13.5. The molecule has 1 rings (SSSR count). The lowest BCUT2D eigenvalue weighted by atomic mass is 10.3. The monoisotopic (exact) mass is 239 g/mol. The molecule has 0 atom stereocenters. The van der Waals surface area contributed by atoms with Crippen molar-refractivity contribution in [3.63, 3.8) is 0 Å². The Kier molecular flexibility index (Phi) is 6.06. The summed E-state index contributed by atoms with van der Waals surface area (Å²) >= 11 is 0. The van der Waals surface area contributed by atoms with E-state index in [-0.39, 0.29) is 12.5 Å². The molecule has 5 heteroatoms. The molecule has 1 N–H and O–H groups in total. The molecule has 0 saturated carbocycles. The maximum absolute atomic E-state index is 11.6. The lowest BCUT2D eigenvalue weighted by molar-refractivity contribution is -0.125. The van der Waals surface area contributed by atoms with E-state index in [2.05, 4.69) is 0 Å². The highest BCUT2D eigenvalue weighted by molar-refractivity contribution is 5.91. The van der Waals surface area contributed by atoms with Crippen LogP contribution in [0.4, 0.5) is 0 Å². The van der Waals surface area contributed by atoms with Crippen molar-refractivity contribution in [2.45, 2.75) is 0 Å². The van der Waals surface area contributed by atoms with Crippen molar-refractivity contribution in [1.82, 2.24) is 4.90 Å². The molecule has 5 nitrogen and oxygen atoms in total. The lowest BCUT2D eigenvalue weighted by Gasteiger charge is -2.14. The summed E-state index contributed by atoms with van der Waals surface area (Å²) in [5, 5.41) is 8.50. The second kappa shape index (κ2) is 7.65. The predicted molar refractivity (Wildman–Crippen MR) is 63.3 cm³/mol. The minimum Gasteiger partial charge on any atom is -0.465 e. The molecule has 1 aromatic rings. The summed E-state index contributed by atoms with van der Waals surface area (Å²) in [6.07, 6.45) is 4.62. The Morgan fingerprint density at radius 3 is 3.06 bits per heavy atom. The van der Waals surface area contributed by atoms with Crippen LogP contribution in [-0.4, -0.2) is 49.3 Å². The Bertz CT molecular complexity index is 345. The van der Waals surface area contributed by atoms with Gasteiger partial charge in [-0.25, -0.2) is 0 Å². The molecular formula is C12H17NO4. The maximum atomic E-state index is 11.6. The fourth-order valence-electron chi connectivity index (χ4n) is 1.15. The number of hydrogen-bond donors (Lipinski definition) is 1. The van der Waals surface area contributed by atoms with Crippen molar-refractivity contribution in [3.05, 3.63) is 30.2 Å². The highest BCUT2D eigenvalue weighted by Crippen LogP contribution is 2.02. The molecule has 0 fully saturated rings. The van der Waals surface area contributed by atoms with E-state index >= 15 is 0 Å². The normalized spacial score (nSPS) is 10.9. The second-order valence-electron chi connectivity index (χ2n) is 3.44. The fourth-order valence-corrected chi connectivity index (χ4v) is 1.15. The van der Waals surface area contributed by atoms with Gasteiger partial charge in [0.15, 0.2) is 0 Å². The number of likely N-dealkylation sites (N-methyl/N-ethyl adjacent to an activating group) is 1. The number of aliphatic hydroxyl groups is 1. The summed E-state index contributed by atoms with van der Waals surface area (Å²) in [6.45, 7) is 1.19. The van der Waals surface area contributed by atoms with Crippen LogP contribution >= 0.6 is 0 Å². The summed E-state index contributed by atoms with van der Waals surface area (Å²) in [6, 6.07) is 3.53. The maximum Gasteiger partial charge on any atom is 0.246 e. The molecule has 0 spiro atoms. The first-order chi connectivity index (χ1) is 8.24. The number of amides is 1. The van der Waals surface area contributed by atoms with E-state index in [4.69, 9.17) is 14.3 Å². The molecule has 17 heavy (non-hydrogen) atoms. The van der Waals surface area contributed by atoms with Crippen molar-refractivity contribution >= 4 is 12.0 Å². The summed E-state index contributed by atoms with van der Waals surface area (Å²) in [5.41, 5.74) is 0. The topological polar surface area (TPSA) is 62.9 Å². The SMILES string of the molecule is CN(CCOCCO)C(=O)/C=C/c1ccco1. The third-order valence-electron chi connectivity index (χ3n) is 2.12. The first-order valence-electron chi connectivity index (χ1n) is 5.39. The smallest absolute Gasteiger partial charge is 0.246 e. The van der Waals surface area contributed by atoms with Crippen LogP contribution in [0.1, 0.15) is 5.76 Å². The molecule has 0 aliphatic carbocycles. The van der Waals surface area contributed by atoms with Crippen LogP contribution in [0.3, 0.4) is 0 Å². The van der Waals surface area contributed by atoms with Gasteiger partial charge in [0.05, 0.1) is 26.1 Å².